The Morgan fingerprint density at radius 2 is 1.42 bits per heavy atom. The van der Waals surface area contributed by atoms with Crippen LogP contribution in [0.25, 0.3) is 0 Å². The van der Waals surface area contributed by atoms with E-state index in [0.29, 0.717) is 10.0 Å². The molecule has 5 heteroatoms. The van der Waals surface area contributed by atoms with Gasteiger partial charge in [0.15, 0.2) is 5.41 Å². The van der Waals surface area contributed by atoms with Gasteiger partial charge in [0.1, 0.15) is 0 Å². The molecule has 2 rings (SSSR count). The Hall–Kier alpha value is -2.02. The summed E-state index contributed by atoms with van der Waals surface area (Å²) in [6.45, 7) is 1.95. The van der Waals surface area contributed by atoms with Crippen molar-refractivity contribution in [3.8, 4) is 6.07 Å². The summed E-state index contributed by atoms with van der Waals surface area (Å²) in [6.07, 6.45) is 0.504. The first kappa shape index (κ1) is 18.3. The maximum absolute atomic E-state index is 12.5. The minimum atomic E-state index is -1.29. The van der Waals surface area contributed by atoms with E-state index in [1.54, 1.807) is 31.2 Å². The van der Waals surface area contributed by atoms with Crippen molar-refractivity contribution in [1.82, 2.24) is 0 Å². The first-order chi connectivity index (χ1) is 11.5. The second kappa shape index (κ2) is 8.19. The monoisotopic (exact) mass is 361 g/mol. The average Bonchev–Trinajstić information content (AvgIpc) is 2.58. The SMILES string of the molecule is CCOC(=O)C(C#N)(Cc1ccc(Cl)cc1)Cc1ccc(Cl)cc1. The lowest BCUT2D eigenvalue weighted by atomic mass is 9.77. The number of nitriles is 1. The van der Waals surface area contributed by atoms with Gasteiger partial charge in [0.05, 0.1) is 12.7 Å². The Bertz CT molecular complexity index is 686. The van der Waals surface area contributed by atoms with E-state index in [2.05, 4.69) is 6.07 Å². The minimum Gasteiger partial charge on any atom is -0.465 e. The Morgan fingerprint density at radius 1 is 1.00 bits per heavy atom. The molecule has 0 heterocycles. The van der Waals surface area contributed by atoms with Crippen molar-refractivity contribution in [3.63, 3.8) is 0 Å². The van der Waals surface area contributed by atoms with Crippen LogP contribution in [0.5, 0.6) is 0 Å². The average molecular weight is 362 g/mol. The summed E-state index contributed by atoms with van der Waals surface area (Å²) in [7, 11) is 0. The van der Waals surface area contributed by atoms with Gasteiger partial charge in [-0.05, 0) is 42.3 Å². The van der Waals surface area contributed by atoms with Gasteiger partial charge in [-0.2, -0.15) is 5.26 Å². The number of nitrogens with zero attached hydrogens (tertiary/aromatic N) is 1. The molecular formula is C19H17Cl2NO2. The lowest BCUT2D eigenvalue weighted by Crippen LogP contribution is -2.36. The van der Waals surface area contributed by atoms with Gasteiger partial charge in [-0.25, -0.2) is 0 Å². The Balaban J connectivity index is 2.35. The van der Waals surface area contributed by atoms with E-state index < -0.39 is 11.4 Å². The first-order valence-electron chi connectivity index (χ1n) is 7.56. The fourth-order valence-electron chi connectivity index (χ4n) is 2.50. The summed E-state index contributed by atoms with van der Waals surface area (Å²) in [4.78, 5) is 12.5. The molecule has 0 aliphatic heterocycles. The number of hydrogen-bond donors (Lipinski definition) is 0. The lowest BCUT2D eigenvalue weighted by molar-refractivity contribution is -0.152. The molecule has 0 radical (unpaired) electrons. The van der Waals surface area contributed by atoms with E-state index in [1.165, 1.54) is 0 Å². The van der Waals surface area contributed by atoms with Gasteiger partial charge in [0.2, 0.25) is 0 Å². The minimum absolute atomic E-state index is 0.226. The van der Waals surface area contributed by atoms with Crippen molar-refractivity contribution < 1.29 is 9.53 Å². The third-order valence-corrected chi connectivity index (χ3v) is 4.22. The van der Waals surface area contributed by atoms with E-state index in [9.17, 15) is 10.1 Å². The number of benzene rings is 2. The van der Waals surface area contributed by atoms with Crippen LogP contribution < -0.4 is 0 Å². The summed E-state index contributed by atoms with van der Waals surface area (Å²) in [6, 6.07) is 16.4. The predicted molar refractivity (Wildman–Crippen MR) is 95.0 cm³/mol. The third kappa shape index (κ3) is 4.50. The molecule has 2 aromatic rings. The summed E-state index contributed by atoms with van der Waals surface area (Å²) in [5, 5.41) is 11.0. The standard InChI is InChI=1S/C19H17Cl2NO2/c1-2-24-18(23)19(13-22,11-14-3-7-16(20)8-4-14)12-15-5-9-17(21)10-6-15/h3-10H,2,11-12H2,1H3. The summed E-state index contributed by atoms with van der Waals surface area (Å²) < 4.78 is 5.18. The molecule has 0 bridgehead atoms. The Labute approximate surface area is 151 Å². The van der Waals surface area contributed by atoms with Crippen LogP contribution in [-0.4, -0.2) is 12.6 Å². The first-order valence-corrected chi connectivity index (χ1v) is 8.32. The zero-order chi connectivity index (χ0) is 17.6. The second-order valence-electron chi connectivity index (χ2n) is 5.52. The number of carbonyl (C=O) groups excluding carboxylic acids is 1. The van der Waals surface area contributed by atoms with Crippen LogP contribution in [-0.2, 0) is 22.4 Å². The maximum atomic E-state index is 12.5. The molecule has 0 N–H and O–H groups in total. The van der Waals surface area contributed by atoms with Crippen LogP contribution in [0.1, 0.15) is 18.1 Å². The smallest absolute Gasteiger partial charge is 0.327 e. The lowest BCUT2D eigenvalue weighted by Gasteiger charge is -2.24. The van der Waals surface area contributed by atoms with Gasteiger partial charge in [0.25, 0.3) is 0 Å². The number of ether oxygens (including phenoxy) is 1. The van der Waals surface area contributed by atoms with E-state index in [0.717, 1.165) is 11.1 Å². The van der Waals surface area contributed by atoms with Crippen molar-refractivity contribution in [2.45, 2.75) is 19.8 Å². The topological polar surface area (TPSA) is 50.1 Å². The normalized spacial score (nSPS) is 10.9. The Kier molecular flexibility index (Phi) is 6.25. The molecule has 0 atom stereocenters. The number of esters is 1. The van der Waals surface area contributed by atoms with Gasteiger partial charge in [-0.3, -0.25) is 4.79 Å². The highest BCUT2D eigenvalue weighted by Gasteiger charge is 2.40. The van der Waals surface area contributed by atoms with Gasteiger partial charge < -0.3 is 4.74 Å². The molecule has 0 aliphatic rings. The highest BCUT2D eigenvalue weighted by Crippen LogP contribution is 2.30. The van der Waals surface area contributed by atoms with Gasteiger partial charge >= 0.3 is 5.97 Å². The quantitative estimate of drug-likeness (QED) is 0.690. The Morgan fingerprint density at radius 3 is 1.75 bits per heavy atom. The number of carbonyl (C=O) groups is 1. The highest BCUT2D eigenvalue weighted by atomic mass is 35.5. The highest BCUT2D eigenvalue weighted by molar-refractivity contribution is 6.30. The van der Waals surface area contributed by atoms with Crippen LogP contribution in [0.3, 0.4) is 0 Å². The van der Waals surface area contributed by atoms with Crippen molar-refractivity contribution in [2.75, 3.05) is 6.61 Å². The molecule has 2 aromatic carbocycles. The zero-order valence-electron chi connectivity index (χ0n) is 13.3. The fourth-order valence-corrected chi connectivity index (χ4v) is 2.75. The van der Waals surface area contributed by atoms with E-state index >= 15 is 0 Å². The van der Waals surface area contributed by atoms with Gasteiger partial charge in [-0.1, -0.05) is 47.5 Å². The summed E-state index contributed by atoms with van der Waals surface area (Å²) in [5.74, 6) is -0.516. The number of rotatable bonds is 6. The van der Waals surface area contributed by atoms with E-state index in [4.69, 9.17) is 27.9 Å². The molecular weight excluding hydrogens is 345 g/mol. The third-order valence-electron chi connectivity index (χ3n) is 3.72. The second-order valence-corrected chi connectivity index (χ2v) is 6.39. The van der Waals surface area contributed by atoms with Gasteiger partial charge in [0, 0.05) is 22.9 Å². The van der Waals surface area contributed by atoms with Gasteiger partial charge in [-0.15, -0.1) is 0 Å². The van der Waals surface area contributed by atoms with Crippen molar-refractivity contribution in [2.24, 2.45) is 5.41 Å². The fraction of sp³-hybridized carbons (Fsp3) is 0.263. The summed E-state index contributed by atoms with van der Waals surface area (Å²) in [5.41, 5.74) is 0.406. The summed E-state index contributed by atoms with van der Waals surface area (Å²) >= 11 is 11.8. The molecule has 0 saturated carbocycles. The number of hydrogen-bond acceptors (Lipinski definition) is 3. The van der Waals surface area contributed by atoms with E-state index in [1.807, 2.05) is 24.3 Å². The zero-order valence-corrected chi connectivity index (χ0v) is 14.8. The van der Waals surface area contributed by atoms with Crippen molar-refractivity contribution in [1.29, 1.82) is 5.26 Å². The van der Waals surface area contributed by atoms with Crippen LogP contribution in [0.15, 0.2) is 48.5 Å². The molecule has 24 heavy (non-hydrogen) atoms. The van der Waals surface area contributed by atoms with Crippen LogP contribution in [0.2, 0.25) is 10.0 Å². The molecule has 0 amide bonds. The molecule has 124 valence electrons. The van der Waals surface area contributed by atoms with E-state index in [-0.39, 0.29) is 19.4 Å². The van der Waals surface area contributed by atoms with Crippen LogP contribution in [0.4, 0.5) is 0 Å². The maximum Gasteiger partial charge on any atom is 0.327 e. The molecule has 3 nitrogen and oxygen atoms in total. The number of halogens is 2. The van der Waals surface area contributed by atoms with Crippen molar-refractivity contribution in [3.05, 3.63) is 69.7 Å². The van der Waals surface area contributed by atoms with Crippen LogP contribution >= 0.6 is 23.2 Å². The van der Waals surface area contributed by atoms with Crippen molar-refractivity contribution >= 4 is 29.2 Å². The molecule has 0 saturated heterocycles. The molecule has 0 spiro atoms. The predicted octanol–water partition coefficient (Wildman–Crippen LogP) is 4.85. The van der Waals surface area contributed by atoms with Crippen LogP contribution in [0, 0.1) is 16.7 Å². The largest absolute Gasteiger partial charge is 0.465 e. The molecule has 0 aromatic heterocycles. The molecule has 0 unspecified atom stereocenters. The molecule has 0 fully saturated rings. The molecule has 0 aliphatic carbocycles.